The Morgan fingerprint density at radius 3 is 2.76 bits per heavy atom. The summed E-state index contributed by atoms with van der Waals surface area (Å²) in [5.41, 5.74) is 6.41. The first kappa shape index (κ1) is 12.3. The largest absolute Gasteiger partial charge is 0.389 e. The van der Waals surface area contributed by atoms with Gasteiger partial charge in [-0.15, -0.1) is 0 Å². The van der Waals surface area contributed by atoms with Crippen LogP contribution in [0.2, 0.25) is 0 Å². The van der Waals surface area contributed by atoms with Crippen LogP contribution >= 0.6 is 12.2 Å². The van der Waals surface area contributed by atoms with Crippen LogP contribution in [0.25, 0.3) is 0 Å². The molecule has 1 heterocycles. The van der Waals surface area contributed by atoms with Gasteiger partial charge in [-0.25, -0.2) is 4.98 Å². The molecule has 1 aromatic heterocycles. The molecule has 92 valence electrons. The third-order valence-electron chi connectivity index (χ3n) is 3.03. The van der Waals surface area contributed by atoms with Gasteiger partial charge in [-0.05, 0) is 37.3 Å². The van der Waals surface area contributed by atoms with Crippen molar-refractivity contribution in [3.8, 4) is 0 Å². The molecule has 0 atom stereocenters. The Morgan fingerprint density at radius 2 is 2.29 bits per heavy atom. The van der Waals surface area contributed by atoms with E-state index in [0.717, 1.165) is 36.8 Å². The first-order chi connectivity index (χ1) is 8.20. The number of nitrogens with zero attached hydrogens (tertiary/aromatic N) is 2. The van der Waals surface area contributed by atoms with Crippen LogP contribution in [0.1, 0.15) is 31.7 Å². The summed E-state index contributed by atoms with van der Waals surface area (Å²) in [6, 6.07) is 3.98. The molecule has 0 aromatic carbocycles. The van der Waals surface area contributed by atoms with Crippen molar-refractivity contribution in [3.63, 3.8) is 0 Å². The monoisotopic (exact) mass is 249 g/mol. The molecule has 1 aliphatic rings. The zero-order valence-corrected chi connectivity index (χ0v) is 11.0. The molecule has 17 heavy (non-hydrogen) atoms. The summed E-state index contributed by atoms with van der Waals surface area (Å²) in [5.74, 6) is 1.91. The topological polar surface area (TPSA) is 42.1 Å². The summed E-state index contributed by atoms with van der Waals surface area (Å²) in [6.45, 7) is 4.40. The van der Waals surface area contributed by atoms with E-state index in [1.165, 1.54) is 12.8 Å². The van der Waals surface area contributed by atoms with Gasteiger partial charge in [0.2, 0.25) is 0 Å². The standard InChI is InChI=1S/C13H19N3S/c1-2-7-16(9-10-3-4-10)12-6-5-11(8-15-12)13(14)17/h5-6,8,10H,2-4,7,9H2,1H3,(H2,14,17). The molecule has 4 heteroatoms. The predicted molar refractivity (Wildman–Crippen MR) is 75.4 cm³/mol. The number of pyridine rings is 1. The molecule has 0 radical (unpaired) electrons. The normalized spacial score (nSPS) is 14.6. The predicted octanol–water partition coefficient (Wildman–Crippen LogP) is 2.34. The van der Waals surface area contributed by atoms with Gasteiger partial charge < -0.3 is 10.6 Å². The fourth-order valence-electron chi connectivity index (χ4n) is 1.90. The van der Waals surface area contributed by atoms with Crippen LogP contribution in [0.5, 0.6) is 0 Å². The van der Waals surface area contributed by atoms with E-state index in [-0.39, 0.29) is 0 Å². The number of aromatic nitrogens is 1. The fraction of sp³-hybridized carbons (Fsp3) is 0.538. The lowest BCUT2D eigenvalue weighted by atomic mass is 10.2. The quantitative estimate of drug-likeness (QED) is 0.786. The molecule has 0 bridgehead atoms. The second kappa shape index (κ2) is 5.45. The van der Waals surface area contributed by atoms with Gasteiger partial charge in [-0.3, -0.25) is 0 Å². The van der Waals surface area contributed by atoms with Gasteiger partial charge in [-0.2, -0.15) is 0 Å². The minimum absolute atomic E-state index is 0.410. The zero-order chi connectivity index (χ0) is 12.3. The van der Waals surface area contributed by atoms with E-state index in [1.807, 2.05) is 12.1 Å². The highest BCUT2D eigenvalue weighted by atomic mass is 32.1. The van der Waals surface area contributed by atoms with Crippen molar-refractivity contribution in [3.05, 3.63) is 23.9 Å². The number of anilines is 1. The lowest BCUT2D eigenvalue weighted by molar-refractivity contribution is 0.699. The van der Waals surface area contributed by atoms with Gasteiger partial charge in [0.15, 0.2) is 0 Å². The van der Waals surface area contributed by atoms with Crippen LogP contribution in [-0.4, -0.2) is 23.1 Å². The molecule has 1 fully saturated rings. The van der Waals surface area contributed by atoms with E-state index in [2.05, 4.69) is 16.8 Å². The molecule has 0 amide bonds. The van der Waals surface area contributed by atoms with Gasteiger partial charge in [0.05, 0.1) is 0 Å². The molecule has 0 aliphatic heterocycles. The van der Waals surface area contributed by atoms with Gasteiger partial charge in [0, 0.05) is 24.8 Å². The van der Waals surface area contributed by atoms with Crippen LogP contribution in [0.15, 0.2) is 18.3 Å². The third kappa shape index (κ3) is 3.40. The smallest absolute Gasteiger partial charge is 0.128 e. The average Bonchev–Trinajstić information content (AvgIpc) is 3.13. The van der Waals surface area contributed by atoms with Crippen molar-refractivity contribution in [1.29, 1.82) is 0 Å². The number of rotatable bonds is 6. The Bertz CT molecular complexity index is 384. The molecule has 1 aliphatic carbocycles. The lowest BCUT2D eigenvalue weighted by Gasteiger charge is -2.23. The highest BCUT2D eigenvalue weighted by Gasteiger charge is 2.24. The lowest BCUT2D eigenvalue weighted by Crippen LogP contribution is -2.27. The Balaban J connectivity index is 2.08. The molecule has 0 spiro atoms. The summed E-state index contributed by atoms with van der Waals surface area (Å²) in [5, 5.41) is 0. The van der Waals surface area contributed by atoms with Crippen molar-refractivity contribution < 1.29 is 0 Å². The van der Waals surface area contributed by atoms with Crippen molar-refractivity contribution in [2.24, 2.45) is 11.7 Å². The van der Waals surface area contributed by atoms with Crippen LogP contribution in [-0.2, 0) is 0 Å². The summed E-state index contributed by atoms with van der Waals surface area (Å²) in [7, 11) is 0. The van der Waals surface area contributed by atoms with Gasteiger partial charge in [0.25, 0.3) is 0 Å². The van der Waals surface area contributed by atoms with Crippen molar-refractivity contribution in [1.82, 2.24) is 4.98 Å². The Kier molecular flexibility index (Phi) is 3.94. The molecule has 0 saturated heterocycles. The average molecular weight is 249 g/mol. The SMILES string of the molecule is CCCN(CC1CC1)c1ccc(C(N)=S)cn1. The number of thiocarbonyl (C=S) groups is 1. The van der Waals surface area contributed by atoms with Gasteiger partial charge >= 0.3 is 0 Å². The van der Waals surface area contributed by atoms with E-state index in [4.69, 9.17) is 18.0 Å². The van der Waals surface area contributed by atoms with Crippen LogP contribution in [0, 0.1) is 5.92 Å². The first-order valence-electron chi connectivity index (χ1n) is 6.21. The highest BCUT2D eigenvalue weighted by Crippen LogP contribution is 2.31. The van der Waals surface area contributed by atoms with Crippen LogP contribution < -0.4 is 10.6 Å². The molecular weight excluding hydrogens is 230 g/mol. The van der Waals surface area contributed by atoms with Crippen molar-refractivity contribution in [2.75, 3.05) is 18.0 Å². The van der Waals surface area contributed by atoms with Crippen molar-refractivity contribution >= 4 is 23.0 Å². The van der Waals surface area contributed by atoms with Crippen LogP contribution in [0.3, 0.4) is 0 Å². The Hall–Kier alpha value is -1.16. The van der Waals surface area contributed by atoms with Gasteiger partial charge in [-0.1, -0.05) is 19.1 Å². The number of hydrogen-bond donors (Lipinski definition) is 1. The number of hydrogen-bond acceptors (Lipinski definition) is 3. The molecule has 1 aromatic rings. The van der Waals surface area contributed by atoms with E-state index in [0.29, 0.717) is 4.99 Å². The Labute approximate surface area is 108 Å². The first-order valence-corrected chi connectivity index (χ1v) is 6.62. The third-order valence-corrected chi connectivity index (χ3v) is 3.26. The van der Waals surface area contributed by atoms with E-state index in [9.17, 15) is 0 Å². The second-order valence-corrected chi connectivity index (χ2v) is 5.10. The number of nitrogens with two attached hydrogens (primary N) is 1. The van der Waals surface area contributed by atoms with E-state index < -0.39 is 0 Å². The minimum Gasteiger partial charge on any atom is -0.389 e. The molecule has 0 unspecified atom stereocenters. The summed E-state index contributed by atoms with van der Waals surface area (Å²) >= 11 is 4.93. The molecule has 2 rings (SSSR count). The minimum atomic E-state index is 0.410. The maximum absolute atomic E-state index is 5.57. The fourth-order valence-corrected chi connectivity index (χ4v) is 2.02. The molecular formula is C13H19N3S. The Morgan fingerprint density at radius 1 is 1.53 bits per heavy atom. The second-order valence-electron chi connectivity index (χ2n) is 4.66. The summed E-state index contributed by atoms with van der Waals surface area (Å²) in [4.78, 5) is 7.23. The molecule has 1 saturated carbocycles. The maximum atomic E-state index is 5.57. The highest BCUT2D eigenvalue weighted by molar-refractivity contribution is 7.80. The van der Waals surface area contributed by atoms with Gasteiger partial charge in [0.1, 0.15) is 10.8 Å². The van der Waals surface area contributed by atoms with Crippen molar-refractivity contribution in [2.45, 2.75) is 26.2 Å². The van der Waals surface area contributed by atoms with E-state index in [1.54, 1.807) is 6.20 Å². The van der Waals surface area contributed by atoms with E-state index >= 15 is 0 Å². The van der Waals surface area contributed by atoms with Crippen LogP contribution in [0.4, 0.5) is 5.82 Å². The summed E-state index contributed by atoms with van der Waals surface area (Å²) < 4.78 is 0. The summed E-state index contributed by atoms with van der Waals surface area (Å²) in [6.07, 6.45) is 5.65. The zero-order valence-electron chi connectivity index (χ0n) is 10.2. The molecule has 3 nitrogen and oxygen atoms in total. The molecule has 2 N–H and O–H groups in total. The maximum Gasteiger partial charge on any atom is 0.128 e.